The van der Waals surface area contributed by atoms with Crippen LogP contribution in [0.2, 0.25) is 0 Å². The van der Waals surface area contributed by atoms with Gasteiger partial charge in [0.15, 0.2) is 0 Å². The van der Waals surface area contributed by atoms with Gasteiger partial charge >= 0.3 is 0 Å². The van der Waals surface area contributed by atoms with E-state index in [-0.39, 0.29) is 6.04 Å². The smallest absolute Gasteiger partial charge is 0.0949 e. The maximum atomic E-state index is 8.72. The Kier molecular flexibility index (Phi) is 3.49. The fraction of sp³-hybridized carbons (Fsp3) is 0.364. The van der Waals surface area contributed by atoms with Crippen LogP contribution in [0.1, 0.15) is 12.5 Å². The number of nitrogens with two attached hydrogens (primary N) is 1. The third-order valence-corrected chi connectivity index (χ3v) is 2.23. The molecule has 1 rings (SSSR count). The topological polar surface area (TPSA) is 53.0 Å². The highest BCUT2D eigenvalue weighted by Gasteiger charge is 2.07. The van der Waals surface area contributed by atoms with E-state index in [1.54, 1.807) is 0 Å². The minimum Gasteiger partial charge on any atom is -0.399 e. The summed E-state index contributed by atoms with van der Waals surface area (Å²) < 4.78 is 0. The molecule has 3 nitrogen and oxygen atoms in total. The van der Waals surface area contributed by atoms with E-state index >= 15 is 0 Å². The number of hydrogen-bond donors (Lipinski definition) is 1. The van der Waals surface area contributed by atoms with Crippen molar-refractivity contribution < 1.29 is 0 Å². The molecule has 0 saturated heterocycles. The summed E-state index contributed by atoms with van der Waals surface area (Å²) in [5.41, 5.74) is 7.56. The van der Waals surface area contributed by atoms with E-state index in [9.17, 15) is 0 Å². The van der Waals surface area contributed by atoms with Gasteiger partial charge in [-0.15, -0.1) is 0 Å². The summed E-state index contributed by atoms with van der Waals surface area (Å²) in [7, 11) is 1.93. The highest BCUT2D eigenvalue weighted by atomic mass is 15.1. The monoisotopic (exact) mass is 189 g/mol. The Morgan fingerprint density at radius 2 is 2.29 bits per heavy atom. The molecule has 0 spiro atoms. The summed E-state index contributed by atoms with van der Waals surface area (Å²) in [6.07, 6.45) is 0. The standard InChI is InChI=1S/C11H15N3/c1-9(7-12)14(2)8-10-4-3-5-11(13)6-10/h3-6,9H,8,13H2,1-2H3. The SMILES string of the molecule is CC(C#N)N(C)Cc1cccc(N)c1. The van der Waals surface area contributed by atoms with Gasteiger partial charge < -0.3 is 5.73 Å². The van der Waals surface area contributed by atoms with Crippen molar-refractivity contribution in [2.75, 3.05) is 12.8 Å². The average Bonchev–Trinajstić information content (AvgIpc) is 2.16. The molecule has 0 aliphatic carbocycles. The van der Waals surface area contributed by atoms with Gasteiger partial charge in [0.2, 0.25) is 0 Å². The van der Waals surface area contributed by atoms with Crippen LogP contribution in [0.3, 0.4) is 0 Å². The van der Waals surface area contributed by atoms with Crippen LogP contribution in [-0.2, 0) is 6.54 Å². The first-order valence-electron chi connectivity index (χ1n) is 4.57. The van der Waals surface area contributed by atoms with Crippen LogP contribution in [-0.4, -0.2) is 18.0 Å². The van der Waals surface area contributed by atoms with Crippen molar-refractivity contribution >= 4 is 5.69 Å². The van der Waals surface area contributed by atoms with Gasteiger partial charge in [0.25, 0.3) is 0 Å². The maximum Gasteiger partial charge on any atom is 0.0949 e. The first-order valence-corrected chi connectivity index (χ1v) is 4.57. The van der Waals surface area contributed by atoms with Crippen molar-refractivity contribution in [1.82, 2.24) is 4.90 Å². The zero-order chi connectivity index (χ0) is 10.6. The molecule has 1 unspecified atom stereocenters. The Morgan fingerprint density at radius 1 is 1.57 bits per heavy atom. The van der Waals surface area contributed by atoms with Crippen LogP contribution in [0.4, 0.5) is 5.69 Å². The van der Waals surface area contributed by atoms with Crippen LogP contribution in [0.5, 0.6) is 0 Å². The Bertz CT molecular complexity index is 341. The highest BCUT2D eigenvalue weighted by molar-refractivity contribution is 5.40. The van der Waals surface area contributed by atoms with Crippen molar-refractivity contribution in [1.29, 1.82) is 5.26 Å². The first kappa shape index (κ1) is 10.6. The lowest BCUT2D eigenvalue weighted by Gasteiger charge is -2.18. The number of nitrogen functional groups attached to an aromatic ring is 1. The van der Waals surface area contributed by atoms with Crippen molar-refractivity contribution in [3.05, 3.63) is 29.8 Å². The lowest BCUT2D eigenvalue weighted by molar-refractivity contribution is 0.294. The van der Waals surface area contributed by atoms with E-state index in [1.807, 2.05) is 43.1 Å². The second-order valence-electron chi connectivity index (χ2n) is 3.47. The molecule has 14 heavy (non-hydrogen) atoms. The average molecular weight is 189 g/mol. The van der Waals surface area contributed by atoms with Gasteiger partial charge in [-0.1, -0.05) is 12.1 Å². The summed E-state index contributed by atoms with van der Waals surface area (Å²) in [6, 6.07) is 9.85. The van der Waals surface area contributed by atoms with E-state index in [0.29, 0.717) is 0 Å². The molecule has 1 aromatic rings. The number of anilines is 1. The largest absolute Gasteiger partial charge is 0.399 e. The lowest BCUT2D eigenvalue weighted by Crippen LogP contribution is -2.26. The predicted molar refractivity (Wildman–Crippen MR) is 57.4 cm³/mol. The molecule has 3 heteroatoms. The number of benzene rings is 1. The van der Waals surface area contributed by atoms with E-state index in [0.717, 1.165) is 17.8 Å². The van der Waals surface area contributed by atoms with E-state index in [1.165, 1.54) is 0 Å². The fourth-order valence-corrected chi connectivity index (χ4v) is 1.21. The fourth-order valence-electron chi connectivity index (χ4n) is 1.21. The van der Waals surface area contributed by atoms with Crippen molar-refractivity contribution in [2.45, 2.75) is 19.5 Å². The summed E-state index contributed by atoms with van der Waals surface area (Å²) in [6.45, 7) is 2.63. The third-order valence-electron chi connectivity index (χ3n) is 2.23. The Hall–Kier alpha value is -1.53. The molecule has 0 saturated carbocycles. The minimum absolute atomic E-state index is 0.0727. The van der Waals surface area contributed by atoms with E-state index < -0.39 is 0 Å². The lowest BCUT2D eigenvalue weighted by atomic mass is 10.2. The summed E-state index contributed by atoms with van der Waals surface area (Å²) >= 11 is 0. The Morgan fingerprint density at radius 3 is 2.86 bits per heavy atom. The van der Waals surface area contributed by atoms with Gasteiger partial charge in [0, 0.05) is 12.2 Å². The molecule has 0 bridgehead atoms. The summed E-state index contributed by atoms with van der Waals surface area (Å²) in [5, 5.41) is 8.72. The molecular formula is C11H15N3. The van der Waals surface area contributed by atoms with Crippen LogP contribution >= 0.6 is 0 Å². The quantitative estimate of drug-likeness (QED) is 0.735. The van der Waals surface area contributed by atoms with Crippen LogP contribution in [0.15, 0.2) is 24.3 Å². The molecular weight excluding hydrogens is 174 g/mol. The minimum atomic E-state index is -0.0727. The highest BCUT2D eigenvalue weighted by Crippen LogP contribution is 2.09. The van der Waals surface area contributed by atoms with Gasteiger partial charge in [0.1, 0.15) is 0 Å². The van der Waals surface area contributed by atoms with Gasteiger partial charge in [0.05, 0.1) is 12.1 Å². The summed E-state index contributed by atoms with van der Waals surface area (Å²) in [5.74, 6) is 0. The Labute approximate surface area is 84.7 Å². The van der Waals surface area contributed by atoms with Gasteiger partial charge in [-0.3, -0.25) is 4.90 Å². The molecule has 74 valence electrons. The zero-order valence-electron chi connectivity index (χ0n) is 8.57. The van der Waals surface area contributed by atoms with Crippen molar-refractivity contribution in [3.8, 4) is 6.07 Å². The van der Waals surface area contributed by atoms with Crippen molar-refractivity contribution in [2.24, 2.45) is 0 Å². The van der Waals surface area contributed by atoms with Crippen LogP contribution in [0.25, 0.3) is 0 Å². The number of rotatable bonds is 3. The third kappa shape index (κ3) is 2.75. The molecule has 0 amide bonds. The molecule has 1 aromatic carbocycles. The van der Waals surface area contributed by atoms with E-state index in [4.69, 9.17) is 11.0 Å². The first-order chi connectivity index (χ1) is 6.63. The van der Waals surface area contributed by atoms with Gasteiger partial charge in [-0.05, 0) is 31.7 Å². The van der Waals surface area contributed by atoms with Crippen molar-refractivity contribution in [3.63, 3.8) is 0 Å². The van der Waals surface area contributed by atoms with Gasteiger partial charge in [-0.25, -0.2) is 0 Å². The molecule has 0 aromatic heterocycles. The van der Waals surface area contributed by atoms with Gasteiger partial charge in [-0.2, -0.15) is 5.26 Å². The number of nitriles is 1. The summed E-state index contributed by atoms with van der Waals surface area (Å²) in [4.78, 5) is 1.98. The predicted octanol–water partition coefficient (Wildman–Crippen LogP) is 1.61. The van der Waals surface area contributed by atoms with E-state index in [2.05, 4.69) is 6.07 Å². The van der Waals surface area contributed by atoms with Crippen LogP contribution in [0, 0.1) is 11.3 Å². The molecule has 2 N–H and O–H groups in total. The van der Waals surface area contributed by atoms with Crippen LogP contribution < -0.4 is 5.73 Å². The zero-order valence-corrected chi connectivity index (χ0v) is 8.57. The normalized spacial score (nSPS) is 12.4. The molecule has 0 aliphatic heterocycles. The molecule has 0 fully saturated rings. The second-order valence-corrected chi connectivity index (χ2v) is 3.47. The number of hydrogen-bond acceptors (Lipinski definition) is 3. The molecule has 0 radical (unpaired) electrons. The molecule has 0 aliphatic rings. The molecule has 0 heterocycles. The number of nitrogens with zero attached hydrogens (tertiary/aromatic N) is 2. The molecule has 1 atom stereocenters. The Balaban J connectivity index is 2.65. The second kappa shape index (κ2) is 4.64. The maximum absolute atomic E-state index is 8.72.